The van der Waals surface area contributed by atoms with Crippen LogP contribution in [0.15, 0.2) is 55.0 Å². The predicted octanol–water partition coefficient (Wildman–Crippen LogP) is 2.54. The number of ether oxygens (including phenoxy) is 1. The number of carbonyl (C=O) groups is 2. The van der Waals surface area contributed by atoms with Crippen molar-refractivity contribution in [2.24, 2.45) is 0 Å². The van der Waals surface area contributed by atoms with Gasteiger partial charge >= 0.3 is 12.1 Å². The van der Waals surface area contributed by atoms with Gasteiger partial charge in [-0.25, -0.2) is 9.48 Å². The molecule has 1 amide bonds. The van der Waals surface area contributed by atoms with Gasteiger partial charge in [-0.15, -0.1) is 5.10 Å². The number of amides is 1. The Morgan fingerprint density at radius 3 is 2.66 bits per heavy atom. The van der Waals surface area contributed by atoms with Crippen molar-refractivity contribution in [3.8, 4) is 0 Å². The lowest BCUT2D eigenvalue weighted by atomic mass is 10.1. The third-order valence-corrected chi connectivity index (χ3v) is 3.66. The number of benzene rings is 1. The Morgan fingerprint density at radius 2 is 1.93 bits per heavy atom. The number of hydrogen-bond acceptors (Lipinski definition) is 6. The van der Waals surface area contributed by atoms with E-state index in [1.807, 2.05) is 6.07 Å². The number of esters is 1. The molecule has 0 aliphatic rings. The highest BCUT2D eigenvalue weighted by Crippen LogP contribution is 2.34. The highest BCUT2D eigenvalue weighted by Gasteiger charge is 2.33. The van der Waals surface area contributed by atoms with Crippen LogP contribution < -0.4 is 5.32 Å². The molecular formula is C18H14F3N5O3. The van der Waals surface area contributed by atoms with E-state index in [0.717, 1.165) is 17.7 Å². The number of para-hydroxylation sites is 1. The minimum atomic E-state index is -4.63. The molecule has 3 aromatic rings. The fourth-order valence-corrected chi connectivity index (χ4v) is 2.38. The minimum Gasteiger partial charge on any atom is -0.451 e. The molecule has 0 aliphatic heterocycles. The van der Waals surface area contributed by atoms with Crippen molar-refractivity contribution in [2.75, 3.05) is 11.9 Å². The molecule has 2 heterocycles. The van der Waals surface area contributed by atoms with Crippen LogP contribution in [-0.4, -0.2) is 38.5 Å². The maximum absolute atomic E-state index is 12.9. The van der Waals surface area contributed by atoms with Gasteiger partial charge in [0.1, 0.15) is 0 Å². The van der Waals surface area contributed by atoms with Crippen LogP contribution in [0.2, 0.25) is 0 Å². The molecular weight excluding hydrogens is 391 g/mol. The molecule has 1 aromatic carbocycles. The minimum absolute atomic E-state index is 0.141. The first-order valence-corrected chi connectivity index (χ1v) is 8.25. The zero-order valence-electron chi connectivity index (χ0n) is 14.8. The molecule has 0 saturated heterocycles. The molecule has 0 radical (unpaired) electrons. The molecule has 0 bridgehead atoms. The monoisotopic (exact) mass is 405 g/mol. The number of pyridine rings is 1. The molecule has 0 fully saturated rings. The Kier molecular flexibility index (Phi) is 5.86. The van der Waals surface area contributed by atoms with Crippen LogP contribution in [0.5, 0.6) is 0 Å². The van der Waals surface area contributed by atoms with Gasteiger partial charge in [-0.1, -0.05) is 23.4 Å². The molecule has 0 aliphatic carbocycles. The van der Waals surface area contributed by atoms with E-state index >= 15 is 0 Å². The number of halogens is 3. The first kappa shape index (κ1) is 20.0. The van der Waals surface area contributed by atoms with E-state index in [9.17, 15) is 22.8 Å². The topological polar surface area (TPSA) is 99.0 Å². The highest BCUT2D eigenvalue weighted by atomic mass is 19.4. The molecule has 150 valence electrons. The Labute approximate surface area is 162 Å². The molecule has 1 N–H and O–H groups in total. The second-order valence-corrected chi connectivity index (χ2v) is 5.83. The van der Waals surface area contributed by atoms with Crippen LogP contribution in [0.4, 0.5) is 18.9 Å². The fourth-order valence-electron chi connectivity index (χ4n) is 2.38. The van der Waals surface area contributed by atoms with Gasteiger partial charge in [0.25, 0.3) is 5.91 Å². The van der Waals surface area contributed by atoms with E-state index in [-0.39, 0.29) is 5.69 Å². The Bertz CT molecular complexity index is 1010. The van der Waals surface area contributed by atoms with E-state index in [1.54, 1.807) is 18.5 Å². The van der Waals surface area contributed by atoms with Crippen molar-refractivity contribution in [1.29, 1.82) is 0 Å². The zero-order valence-corrected chi connectivity index (χ0v) is 14.8. The third kappa shape index (κ3) is 5.37. The van der Waals surface area contributed by atoms with Crippen LogP contribution >= 0.6 is 0 Å². The average molecular weight is 405 g/mol. The molecule has 3 rings (SSSR count). The van der Waals surface area contributed by atoms with Crippen LogP contribution in [0.25, 0.3) is 0 Å². The summed E-state index contributed by atoms with van der Waals surface area (Å²) in [6.07, 6.45) is -0.0614. The van der Waals surface area contributed by atoms with Crippen molar-refractivity contribution in [3.63, 3.8) is 0 Å². The quantitative estimate of drug-likeness (QED) is 0.633. The van der Waals surface area contributed by atoms with Crippen LogP contribution in [-0.2, 0) is 22.3 Å². The number of aromatic nitrogens is 4. The SMILES string of the molecule is O=C(COC(=O)c1cn(Cc2cccnc2)nn1)Nc1ccccc1C(F)(F)F. The molecule has 2 aromatic heterocycles. The first-order chi connectivity index (χ1) is 13.8. The summed E-state index contributed by atoms with van der Waals surface area (Å²) in [5.74, 6) is -1.85. The van der Waals surface area contributed by atoms with E-state index in [2.05, 4.69) is 20.6 Å². The van der Waals surface area contributed by atoms with Gasteiger partial charge in [-0.05, 0) is 23.8 Å². The molecule has 0 unspecified atom stereocenters. The molecule has 0 saturated carbocycles. The number of nitrogens with one attached hydrogen (secondary N) is 1. The molecule has 29 heavy (non-hydrogen) atoms. The summed E-state index contributed by atoms with van der Waals surface area (Å²) in [6, 6.07) is 8.05. The fraction of sp³-hybridized carbons (Fsp3) is 0.167. The van der Waals surface area contributed by atoms with Crippen molar-refractivity contribution in [1.82, 2.24) is 20.0 Å². The lowest BCUT2D eigenvalue weighted by Crippen LogP contribution is -2.22. The van der Waals surface area contributed by atoms with Gasteiger partial charge in [0.2, 0.25) is 0 Å². The highest BCUT2D eigenvalue weighted by molar-refractivity contribution is 5.95. The van der Waals surface area contributed by atoms with Gasteiger partial charge in [0.05, 0.1) is 24.0 Å². The maximum Gasteiger partial charge on any atom is 0.418 e. The number of alkyl halides is 3. The summed E-state index contributed by atoms with van der Waals surface area (Å²) in [7, 11) is 0. The van der Waals surface area contributed by atoms with Gasteiger partial charge in [-0.2, -0.15) is 13.2 Å². The number of carbonyl (C=O) groups excluding carboxylic acids is 2. The maximum atomic E-state index is 12.9. The molecule has 0 atom stereocenters. The Morgan fingerprint density at radius 1 is 1.14 bits per heavy atom. The Hall–Kier alpha value is -3.76. The average Bonchev–Trinajstić information content (AvgIpc) is 3.15. The van der Waals surface area contributed by atoms with Crippen LogP contribution in [0.1, 0.15) is 21.6 Å². The second kappa shape index (κ2) is 8.50. The summed E-state index contributed by atoms with van der Waals surface area (Å²) in [5.41, 5.74) is -0.737. The van der Waals surface area contributed by atoms with Crippen molar-refractivity contribution < 1.29 is 27.5 Å². The van der Waals surface area contributed by atoms with Crippen molar-refractivity contribution >= 4 is 17.6 Å². The van der Waals surface area contributed by atoms with Gasteiger partial charge < -0.3 is 10.1 Å². The Balaban J connectivity index is 1.55. The van der Waals surface area contributed by atoms with E-state index in [1.165, 1.54) is 23.0 Å². The summed E-state index contributed by atoms with van der Waals surface area (Å²) in [6.45, 7) is -0.455. The summed E-state index contributed by atoms with van der Waals surface area (Å²) >= 11 is 0. The number of hydrogen-bond donors (Lipinski definition) is 1. The summed E-state index contributed by atoms with van der Waals surface area (Å²) in [4.78, 5) is 27.8. The first-order valence-electron chi connectivity index (χ1n) is 8.25. The summed E-state index contributed by atoms with van der Waals surface area (Å²) < 4.78 is 45.0. The third-order valence-electron chi connectivity index (χ3n) is 3.66. The normalized spacial score (nSPS) is 11.1. The smallest absolute Gasteiger partial charge is 0.418 e. The van der Waals surface area contributed by atoms with E-state index in [0.29, 0.717) is 6.54 Å². The molecule has 8 nitrogen and oxygen atoms in total. The lowest BCUT2D eigenvalue weighted by Gasteiger charge is -2.13. The van der Waals surface area contributed by atoms with Gasteiger partial charge in [0.15, 0.2) is 12.3 Å². The number of rotatable bonds is 6. The van der Waals surface area contributed by atoms with Crippen LogP contribution in [0, 0.1) is 0 Å². The molecule has 11 heteroatoms. The van der Waals surface area contributed by atoms with E-state index in [4.69, 9.17) is 4.74 Å². The number of anilines is 1. The van der Waals surface area contributed by atoms with Gasteiger partial charge in [-0.3, -0.25) is 9.78 Å². The largest absolute Gasteiger partial charge is 0.451 e. The standard InChI is InChI=1S/C18H14F3N5O3/c19-18(20,21)13-5-1-2-6-14(13)23-16(27)11-29-17(28)15-10-26(25-24-15)9-12-4-3-7-22-8-12/h1-8,10H,9,11H2,(H,23,27). The predicted molar refractivity (Wildman–Crippen MR) is 93.7 cm³/mol. The van der Waals surface area contributed by atoms with Crippen molar-refractivity contribution in [3.05, 3.63) is 71.8 Å². The number of nitrogens with zero attached hydrogens (tertiary/aromatic N) is 4. The van der Waals surface area contributed by atoms with Crippen molar-refractivity contribution in [2.45, 2.75) is 12.7 Å². The lowest BCUT2D eigenvalue weighted by molar-refractivity contribution is -0.137. The van der Waals surface area contributed by atoms with E-state index < -0.39 is 35.9 Å². The second-order valence-electron chi connectivity index (χ2n) is 5.83. The summed E-state index contributed by atoms with van der Waals surface area (Å²) in [5, 5.41) is 9.51. The zero-order chi connectivity index (χ0) is 20.9. The van der Waals surface area contributed by atoms with Crippen LogP contribution in [0.3, 0.4) is 0 Å². The molecule has 0 spiro atoms. The van der Waals surface area contributed by atoms with Gasteiger partial charge in [0, 0.05) is 12.4 Å².